The number of carbonyl (C=O) groups is 1. The minimum absolute atomic E-state index is 0.00926. The van der Waals surface area contributed by atoms with Crippen molar-refractivity contribution in [2.75, 3.05) is 0 Å². The number of carbonyl (C=O) groups excluding carboxylic acids is 1. The summed E-state index contributed by atoms with van der Waals surface area (Å²) in [4.78, 5) is 20.7. The lowest BCUT2D eigenvalue weighted by atomic mass is 10.6. The Kier molecular flexibility index (Phi) is 1.35. The summed E-state index contributed by atoms with van der Waals surface area (Å²) >= 11 is 0. The summed E-state index contributed by atoms with van der Waals surface area (Å²) in [6, 6.07) is 0. The average Bonchev–Trinajstić information content (AvgIpc) is 1.90. The Bertz CT molecular complexity index is 209. The molecule has 1 amide bonds. The van der Waals surface area contributed by atoms with E-state index in [1.54, 1.807) is 0 Å². The minimum Gasteiger partial charge on any atom is -0.363 e. The van der Waals surface area contributed by atoms with Crippen molar-refractivity contribution in [2.24, 2.45) is 5.73 Å². The van der Waals surface area contributed by atoms with Gasteiger partial charge in [-0.1, -0.05) is 0 Å². The standard InChI is InChI=1S/C4H4N4O/c5-3(9)4-7-1-6-2-8-4/h1-2H,(H2,5,9). The molecule has 0 aliphatic carbocycles. The van der Waals surface area contributed by atoms with Crippen molar-refractivity contribution in [3.05, 3.63) is 18.5 Å². The van der Waals surface area contributed by atoms with E-state index in [4.69, 9.17) is 5.73 Å². The zero-order valence-electron chi connectivity index (χ0n) is 4.48. The monoisotopic (exact) mass is 124 g/mol. The van der Waals surface area contributed by atoms with Crippen LogP contribution in [0.3, 0.4) is 0 Å². The first-order valence-electron chi connectivity index (χ1n) is 2.22. The van der Waals surface area contributed by atoms with E-state index in [9.17, 15) is 4.79 Å². The summed E-state index contributed by atoms with van der Waals surface area (Å²) in [6.07, 6.45) is 2.43. The van der Waals surface area contributed by atoms with Crippen LogP contribution in [-0.2, 0) is 0 Å². The maximum atomic E-state index is 10.3. The number of hydrogen-bond acceptors (Lipinski definition) is 4. The molecule has 0 saturated heterocycles. The highest BCUT2D eigenvalue weighted by atomic mass is 16.1. The number of nitrogens with two attached hydrogens (primary N) is 1. The Hall–Kier alpha value is -1.52. The van der Waals surface area contributed by atoms with Crippen LogP contribution in [0, 0.1) is 0 Å². The molecule has 1 rings (SSSR count). The van der Waals surface area contributed by atoms with Gasteiger partial charge >= 0.3 is 0 Å². The Morgan fingerprint density at radius 3 is 2.33 bits per heavy atom. The maximum absolute atomic E-state index is 10.3. The van der Waals surface area contributed by atoms with Crippen molar-refractivity contribution in [3.8, 4) is 0 Å². The van der Waals surface area contributed by atoms with Gasteiger partial charge in [-0.15, -0.1) is 0 Å². The van der Waals surface area contributed by atoms with Crippen LogP contribution in [0.1, 0.15) is 10.6 Å². The molecule has 0 aliphatic rings. The molecule has 0 saturated carbocycles. The molecule has 0 atom stereocenters. The van der Waals surface area contributed by atoms with E-state index in [0.717, 1.165) is 0 Å². The van der Waals surface area contributed by atoms with Crippen molar-refractivity contribution in [1.82, 2.24) is 15.0 Å². The highest BCUT2D eigenvalue weighted by Gasteiger charge is 1.98. The normalized spacial score (nSPS) is 8.89. The van der Waals surface area contributed by atoms with Crippen LogP contribution in [-0.4, -0.2) is 20.9 Å². The summed E-state index contributed by atoms with van der Waals surface area (Å²) in [5.74, 6) is -0.651. The first kappa shape index (κ1) is 5.61. The Morgan fingerprint density at radius 1 is 1.44 bits per heavy atom. The molecule has 0 fully saturated rings. The van der Waals surface area contributed by atoms with Crippen LogP contribution in [0.5, 0.6) is 0 Å². The second-order valence-electron chi connectivity index (χ2n) is 1.33. The molecule has 5 heteroatoms. The predicted octanol–water partition coefficient (Wildman–Crippen LogP) is -1.03. The number of amides is 1. The van der Waals surface area contributed by atoms with Crippen molar-refractivity contribution in [1.29, 1.82) is 0 Å². The number of rotatable bonds is 1. The van der Waals surface area contributed by atoms with Gasteiger partial charge in [0.15, 0.2) is 0 Å². The van der Waals surface area contributed by atoms with Crippen LogP contribution in [0.15, 0.2) is 12.7 Å². The van der Waals surface area contributed by atoms with Gasteiger partial charge in [0.05, 0.1) is 0 Å². The lowest BCUT2D eigenvalue weighted by Crippen LogP contribution is -2.14. The Morgan fingerprint density at radius 2 is 2.00 bits per heavy atom. The van der Waals surface area contributed by atoms with Crippen LogP contribution >= 0.6 is 0 Å². The summed E-state index contributed by atoms with van der Waals surface area (Å²) < 4.78 is 0. The molecule has 0 spiro atoms. The van der Waals surface area contributed by atoms with Gasteiger partial charge in [-0.25, -0.2) is 15.0 Å². The van der Waals surface area contributed by atoms with Crippen molar-refractivity contribution < 1.29 is 4.79 Å². The fraction of sp³-hybridized carbons (Fsp3) is 0. The first-order valence-corrected chi connectivity index (χ1v) is 2.22. The number of aromatic nitrogens is 3. The fourth-order valence-electron chi connectivity index (χ4n) is 0.366. The van der Waals surface area contributed by atoms with Crippen molar-refractivity contribution >= 4 is 5.91 Å². The van der Waals surface area contributed by atoms with Gasteiger partial charge in [-0.05, 0) is 0 Å². The molecule has 0 unspecified atom stereocenters. The largest absolute Gasteiger partial charge is 0.363 e. The van der Waals surface area contributed by atoms with E-state index in [1.165, 1.54) is 12.7 Å². The van der Waals surface area contributed by atoms with Crippen molar-refractivity contribution in [3.63, 3.8) is 0 Å². The van der Waals surface area contributed by atoms with E-state index in [2.05, 4.69) is 15.0 Å². The van der Waals surface area contributed by atoms with Crippen LogP contribution in [0.2, 0.25) is 0 Å². The molecule has 1 heterocycles. The second kappa shape index (κ2) is 2.17. The molecule has 5 nitrogen and oxygen atoms in total. The van der Waals surface area contributed by atoms with Gasteiger partial charge in [0.2, 0.25) is 5.82 Å². The predicted molar refractivity (Wildman–Crippen MR) is 28.3 cm³/mol. The van der Waals surface area contributed by atoms with E-state index >= 15 is 0 Å². The summed E-state index contributed by atoms with van der Waals surface area (Å²) in [5.41, 5.74) is 4.82. The van der Waals surface area contributed by atoms with Gasteiger partial charge < -0.3 is 5.73 Å². The molecule has 2 N–H and O–H groups in total. The lowest BCUT2D eigenvalue weighted by molar-refractivity contribution is 0.0990. The van der Waals surface area contributed by atoms with E-state index in [0.29, 0.717) is 0 Å². The van der Waals surface area contributed by atoms with Gasteiger partial charge in [-0.3, -0.25) is 4.79 Å². The zero-order chi connectivity index (χ0) is 6.69. The highest BCUT2D eigenvalue weighted by molar-refractivity contribution is 5.88. The molecule has 1 aromatic rings. The molecule has 0 aromatic carbocycles. The quantitative estimate of drug-likeness (QED) is 0.519. The third kappa shape index (κ3) is 1.18. The molecular formula is C4H4N4O. The molecule has 1 aromatic heterocycles. The van der Waals surface area contributed by atoms with E-state index in [1.807, 2.05) is 0 Å². The Labute approximate surface area is 51.0 Å². The molecule has 0 radical (unpaired) electrons. The first-order chi connectivity index (χ1) is 4.30. The third-order valence-corrected chi connectivity index (χ3v) is 0.714. The van der Waals surface area contributed by atoms with Crippen LogP contribution in [0.25, 0.3) is 0 Å². The summed E-state index contributed by atoms with van der Waals surface area (Å²) in [7, 11) is 0. The molecule has 0 aliphatic heterocycles. The average molecular weight is 124 g/mol. The molecular weight excluding hydrogens is 120 g/mol. The zero-order valence-corrected chi connectivity index (χ0v) is 4.48. The molecule has 9 heavy (non-hydrogen) atoms. The van der Waals surface area contributed by atoms with E-state index < -0.39 is 5.91 Å². The summed E-state index contributed by atoms with van der Waals surface area (Å²) in [6.45, 7) is 0. The number of hydrogen-bond donors (Lipinski definition) is 1. The second-order valence-corrected chi connectivity index (χ2v) is 1.33. The molecule has 46 valence electrons. The van der Waals surface area contributed by atoms with Gasteiger partial charge in [0, 0.05) is 0 Å². The topological polar surface area (TPSA) is 81.8 Å². The van der Waals surface area contributed by atoms with Gasteiger partial charge in [0.25, 0.3) is 5.91 Å². The van der Waals surface area contributed by atoms with Gasteiger partial charge in [-0.2, -0.15) is 0 Å². The maximum Gasteiger partial charge on any atom is 0.286 e. The van der Waals surface area contributed by atoms with Crippen molar-refractivity contribution in [2.45, 2.75) is 0 Å². The fourth-order valence-corrected chi connectivity index (χ4v) is 0.366. The van der Waals surface area contributed by atoms with E-state index in [-0.39, 0.29) is 5.82 Å². The summed E-state index contributed by atoms with van der Waals surface area (Å²) in [5, 5.41) is 0. The smallest absolute Gasteiger partial charge is 0.286 e. The van der Waals surface area contributed by atoms with Gasteiger partial charge in [0.1, 0.15) is 12.7 Å². The third-order valence-electron chi connectivity index (χ3n) is 0.714. The Balaban J connectivity index is 2.98. The lowest BCUT2D eigenvalue weighted by Gasteiger charge is -1.86. The number of nitrogens with zero attached hydrogens (tertiary/aromatic N) is 3. The van der Waals surface area contributed by atoms with Crippen LogP contribution < -0.4 is 5.73 Å². The molecule has 0 bridgehead atoms. The SMILES string of the molecule is NC(=O)c1ncncn1. The highest BCUT2D eigenvalue weighted by Crippen LogP contribution is 1.79. The van der Waals surface area contributed by atoms with Crippen LogP contribution in [0.4, 0.5) is 0 Å². The number of primary amides is 1. The minimum atomic E-state index is -0.641.